The molecule has 2 N–H and O–H groups in total. The fraction of sp³-hybridized carbons (Fsp3) is 0.400. The number of halogens is 1. The molecule has 1 aliphatic heterocycles. The molecule has 3 rings (SSSR count). The molecule has 118 valence electrons. The van der Waals surface area contributed by atoms with Gasteiger partial charge in [0.25, 0.3) is 0 Å². The van der Waals surface area contributed by atoms with E-state index in [2.05, 4.69) is 10.1 Å². The number of rotatable bonds is 3. The van der Waals surface area contributed by atoms with Crippen LogP contribution in [0.2, 0.25) is 0 Å². The zero-order valence-corrected chi connectivity index (χ0v) is 13.2. The molecule has 0 aliphatic carbocycles. The van der Waals surface area contributed by atoms with Gasteiger partial charge < -0.3 is 15.2 Å². The number of hydrogen-bond donors (Lipinski definition) is 1. The van der Waals surface area contributed by atoms with Crippen LogP contribution in [-0.4, -0.2) is 22.6 Å². The van der Waals surface area contributed by atoms with Crippen molar-refractivity contribution in [3.63, 3.8) is 0 Å². The van der Waals surface area contributed by atoms with Crippen molar-refractivity contribution in [2.45, 2.75) is 32.6 Å². The van der Waals surface area contributed by atoms with Crippen molar-refractivity contribution in [3.05, 3.63) is 35.5 Å². The third-order valence-electron chi connectivity index (χ3n) is 3.71. The monoisotopic (exact) mass is 322 g/mol. The number of hydrogen-bond acceptors (Lipinski definition) is 5. The van der Waals surface area contributed by atoms with Gasteiger partial charge in [-0.2, -0.15) is 4.98 Å². The lowest BCUT2D eigenvalue weighted by Gasteiger charge is -2.30. The smallest absolute Gasteiger partial charge is 0.227 e. The Morgan fingerprint density at radius 3 is 3.00 bits per heavy atom. The maximum atomic E-state index is 12.4. The molecule has 2 heterocycles. The fourth-order valence-electron chi connectivity index (χ4n) is 2.70. The minimum absolute atomic E-state index is 0. The molecule has 0 saturated carbocycles. The highest BCUT2D eigenvalue weighted by molar-refractivity contribution is 5.95. The second-order valence-electron chi connectivity index (χ2n) is 5.23. The lowest BCUT2D eigenvalue weighted by Crippen LogP contribution is -2.35. The molecule has 0 radical (unpaired) electrons. The van der Waals surface area contributed by atoms with Crippen molar-refractivity contribution >= 4 is 29.7 Å². The van der Waals surface area contributed by atoms with E-state index in [0.29, 0.717) is 24.6 Å². The van der Waals surface area contributed by atoms with E-state index in [1.165, 1.54) is 0 Å². The van der Waals surface area contributed by atoms with Gasteiger partial charge in [0.15, 0.2) is 5.82 Å². The van der Waals surface area contributed by atoms with Crippen LogP contribution < -0.4 is 10.6 Å². The van der Waals surface area contributed by atoms with Crippen LogP contribution in [0.3, 0.4) is 0 Å². The van der Waals surface area contributed by atoms with Crippen molar-refractivity contribution in [3.8, 4) is 0 Å². The second-order valence-corrected chi connectivity index (χ2v) is 5.23. The lowest BCUT2D eigenvalue weighted by molar-refractivity contribution is -0.118. The standard InChI is InChI=1S/C15H18N4O2.ClH/c1-10-17-14(21-18-10)7-8-15(20)19-9-3-4-11-12(16)5-2-6-13(11)19;/h2,5-6H,3-4,7-9,16H2,1H3;1H. The number of carbonyl (C=O) groups excluding carboxylic acids is 1. The zero-order valence-electron chi connectivity index (χ0n) is 12.4. The first kappa shape index (κ1) is 16.3. The second kappa shape index (κ2) is 6.79. The van der Waals surface area contributed by atoms with Crippen molar-refractivity contribution in [1.29, 1.82) is 0 Å². The third kappa shape index (κ3) is 3.22. The van der Waals surface area contributed by atoms with Gasteiger partial charge in [-0.15, -0.1) is 12.4 Å². The van der Waals surface area contributed by atoms with E-state index < -0.39 is 0 Å². The molecule has 1 amide bonds. The number of benzene rings is 1. The summed E-state index contributed by atoms with van der Waals surface area (Å²) in [5.41, 5.74) is 8.77. The van der Waals surface area contributed by atoms with Gasteiger partial charge in [-0.05, 0) is 37.5 Å². The number of fused-ring (bicyclic) bond motifs is 1. The van der Waals surface area contributed by atoms with E-state index in [1.807, 2.05) is 23.1 Å². The highest BCUT2D eigenvalue weighted by atomic mass is 35.5. The third-order valence-corrected chi connectivity index (χ3v) is 3.71. The Balaban J connectivity index is 0.00000176. The van der Waals surface area contributed by atoms with Crippen LogP contribution in [0.1, 0.15) is 30.1 Å². The molecule has 0 bridgehead atoms. The molecule has 1 aromatic carbocycles. The Kier molecular flexibility index (Phi) is 5.03. The Labute approximate surface area is 135 Å². The quantitative estimate of drug-likeness (QED) is 0.876. The van der Waals surface area contributed by atoms with Crippen LogP contribution in [0.4, 0.5) is 11.4 Å². The zero-order chi connectivity index (χ0) is 14.8. The maximum absolute atomic E-state index is 12.4. The van der Waals surface area contributed by atoms with Gasteiger partial charge in [0.1, 0.15) is 0 Å². The van der Waals surface area contributed by atoms with Crippen LogP contribution in [0, 0.1) is 6.92 Å². The first-order chi connectivity index (χ1) is 10.1. The highest BCUT2D eigenvalue weighted by Gasteiger charge is 2.23. The van der Waals surface area contributed by atoms with Gasteiger partial charge in [0.05, 0.1) is 0 Å². The predicted octanol–water partition coefficient (Wildman–Crippen LogP) is 2.29. The van der Waals surface area contributed by atoms with Crippen molar-refractivity contribution < 1.29 is 9.32 Å². The van der Waals surface area contributed by atoms with Crippen LogP contribution in [0.25, 0.3) is 0 Å². The lowest BCUT2D eigenvalue weighted by atomic mass is 9.99. The van der Waals surface area contributed by atoms with E-state index in [-0.39, 0.29) is 18.3 Å². The Morgan fingerprint density at radius 2 is 2.27 bits per heavy atom. The summed E-state index contributed by atoms with van der Waals surface area (Å²) in [5.74, 6) is 1.16. The summed E-state index contributed by atoms with van der Waals surface area (Å²) in [7, 11) is 0. The first-order valence-electron chi connectivity index (χ1n) is 7.12. The summed E-state index contributed by atoms with van der Waals surface area (Å²) in [4.78, 5) is 18.4. The van der Waals surface area contributed by atoms with Crippen LogP contribution in [0.15, 0.2) is 22.7 Å². The van der Waals surface area contributed by atoms with E-state index in [0.717, 1.165) is 36.3 Å². The molecule has 6 nitrogen and oxygen atoms in total. The molecule has 0 unspecified atom stereocenters. The average molecular weight is 323 g/mol. The molecule has 0 saturated heterocycles. The number of aryl methyl sites for hydroxylation is 2. The first-order valence-corrected chi connectivity index (χ1v) is 7.12. The van der Waals surface area contributed by atoms with Crippen molar-refractivity contribution in [2.24, 2.45) is 0 Å². The summed E-state index contributed by atoms with van der Waals surface area (Å²) in [6.07, 6.45) is 2.69. The molecule has 1 aromatic heterocycles. The number of aromatic nitrogens is 2. The van der Waals surface area contributed by atoms with Crippen molar-refractivity contribution in [1.82, 2.24) is 10.1 Å². The van der Waals surface area contributed by atoms with E-state index in [4.69, 9.17) is 10.3 Å². The molecular formula is C15H19ClN4O2. The van der Waals surface area contributed by atoms with E-state index in [1.54, 1.807) is 6.92 Å². The summed E-state index contributed by atoms with van der Waals surface area (Å²) in [5, 5.41) is 3.73. The van der Waals surface area contributed by atoms with Gasteiger partial charge in [-0.1, -0.05) is 11.2 Å². The molecule has 1 aliphatic rings. The summed E-state index contributed by atoms with van der Waals surface area (Å²) in [6.45, 7) is 2.50. The number of nitrogens with two attached hydrogens (primary N) is 1. The largest absolute Gasteiger partial charge is 0.398 e. The maximum Gasteiger partial charge on any atom is 0.227 e. The van der Waals surface area contributed by atoms with E-state index in [9.17, 15) is 4.79 Å². The van der Waals surface area contributed by atoms with Gasteiger partial charge in [0, 0.05) is 30.8 Å². The summed E-state index contributed by atoms with van der Waals surface area (Å²) in [6, 6.07) is 5.73. The molecular weight excluding hydrogens is 304 g/mol. The van der Waals surface area contributed by atoms with Gasteiger partial charge in [-0.25, -0.2) is 0 Å². The van der Waals surface area contributed by atoms with Crippen LogP contribution in [-0.2, 0) is 17.6 Å². The molecule has 0 fully saturated rings. The number of anilines is 2. The highest BCUT2D eigenvalue weighted by Crippen LogP contribution is 2.31. The van der Waals surface area contributed by atoms with Crippen LogP contribution >= 0.6 is 12.4 Å². The summed E-state index contributed by atoms with van der Waals surface area (Å²) >= 11 is 0. The number of amides is 1. The number of nitrogen functional groups attached to an aromatic ring is 1. The minimum Gasteiger partial charge on any atom is -0.398 e. The van der Waals surface area contributed by atoms with Gasteiger partial charge in [0.2, 0.25) is 11.8 Å². The molecule has 0 spiro atoms. The number of nitrogens with zero attached hydrogens (tertiary/aromatic N) is 3. The van der Waals surface area contributed by atoms with Gasteiger partial charge in [-0.3, -0.25) is 4.79 Å². The Bertz CT molecular complexity index is 671. The Hall–Kier alpha value is -2.08. The molecule has 22 heavy (non-hydrogen) atoms. The fourth-order valence-corrected chi connectivity index (χ4v) is 2.70. The molecule has 2 aromatic rings. The minimum atomic E-state index is 0. The normalized spacial score (nSPS) is 13.4. The SMILES string of the molecule is Cc1noc(CCC(=O)N2CCCc3c(N)cccc32)n1.Cl. The van der Waals surface area contributed by atoms with Gasteiger partial charge >= 0.3 is 0 Å². The number of carbonyl (C=O) groups is 1. The predicted molar refractivity (Wildman–Crippen MR) is 86.1 cm³/mol. The van der Waals surface area contributed by atoms with E-state index >= 15 is 0 Å². The molecule has 0 atom stereocenters. The Morgan fingerprint density at radius 1 is 1.45 bits per heavy atom. The topological polar surface area (TPSA) is 85.2 Å². The molecule has 7 heteroatoms. The van der Waals surface area contributed by atoms with Crippen LogP contribution in [0.5, 0.6) is 0 Å². The average Bonchev–Trinajstić information content (AvgIpc) is 2.90. The summed E-state index contributed by atoms with van der Waals surface area (Å²) < 4.78 is 5.04. The van der Waals surface area contributed by atoms with Crippen molar-refractivity contribution in [2.75, 3.05) is 17.2 Å².